The van der Waals surface area contributed by atoms with Crippen LogP contribution in [-0.2, 0) is 9.84 Å². The Morgan fingerprint density at radius 2 is 1.88 bits per heavy atom. The van der Waals surface area contributed by atoms with Crippen molar-refractivity contribution in [1.82, 2.24) is 0 Å². The number of carbonyl (C=O) groups is 1. The Labute approximate surface area is 148 Å². The predicted octanol–water partition coefficient (Wildman–Crippen LogP) is 3.69. The monoisotopic (exact) mass is 361 g/mol. The lowest BCUT2D eigenvalue weighted by Gasteiger charge is -2.12. The molecule has 1 N–H and O–H groups in total. The second kappa shape index (κ2) is 7.70. The van der Waals surface area contributed by atoms with Gasteiger partial charge in [-0.25, -0.2) is 8.42 Å². The largest absolute Gasteiger partial charge is 0.493 e. The highest BCUT2D eigenvalue weighted by Crippen LogP contribution is 2.22. The Kier molecular flexibility index (Phi) is 5.85. The molecule has 0 fully saturated rings. The number of hydrogen-bond donors (Lipinski definition) is 1. The number of anilines is 1. The lowest BCUT2D eigenvalue weighted by atomic mass is 10.1. The average Bonchev–Trinajstić information content (AvgIpc) is 2.54. The summed E-state index contributed by atoms with van der Waals surface area (Å²) in [5.74, 6) is 0.700. The third-order valence-electron chi connectivity index (χ3n) is 3.56. The van der Waals surface area contributed by atoms with Crippen LogP contribution in [0.5, 0.6) is 5.75 Å². The molecule has 2 rings (SSSR count). The topological polar surface area (TPSA) is 72.5 Å². The maximum Gasteiger partial charge on any atom is 0.255 e. The molecule has 0 aliphatic rings. The molecule has 0 radical (unpaired) electrons. The second-order valence-corrected chi connectivity index (χ2v) is 8.45. The van der Waals surface area contributed by atoms with E-state index in [0.29, 0.717) is 29.5 Å². The number of rotatable bonds is 6. The van der Waals surface area contributed by atoms with Gasteiger partial charge in [0, 0.05) is 17.5 Å². The van der Waals surface area contributed by atoms with Crippen molar-refractivity contribution in [3.63, 3.8) is 0 Å². The van der Waals surface area contributed by atoms with Crippen molar-refractivity contribution in [3.05, 3.63) is 53.6 Å². The number of aryl methyl sites for hydroxylation is 1. The molecule has 5 nitrogen and oxygen atoms in total. The van der Waals surface area contributed by atoms with Crippen LogP contribution in [0.3, 0.4) is 0 Å². The molecule has 0 aromatic heterocycles. The Balaban J connectivity index is 2.21. The number of benzene rings is 2. The van der Waals surface area contributed by atoms with Crippen molar-refractivity contribution in [2.75, 3.05) is 18.2 Å². The zero-order valence-corrected chi connectivity index (χ0v) is 15.7. The third kappa shape index (κ3) is 5.32. The van der Waals surface area contributed by atoms with E-state index in [1.165, 1.54) is 12.1 Å². The van der Waals surface area contributed by atoms with E-state index < -0.39 is 9.84 Å². The fourth-order valence-corrected chi connectivity index (χ4v) is 2.80. The molecule has 0 spiro atoms. The minimum absolute atomic E-state index is 0.169. The predicted molar refractivity (Wildman–Crippen MR) is 99.0 cm³/mol. The molecule has 0 atom stereocenters. The van der Waals surface area contributed by atoms with Gasteiger partial charge >= 0.3 is 0 Å². The summed E-state index contributed by atoms with van der Waals surface area (Å²) in [6, 6.07) is 11.6. The molecule has 0 saturated heterocycles. The fraction of sp³-hybridized carbons (Fsp3) is 0.316. The summed E-state index contributed by atoms with van der Waals surface area (Å²) in [6.45, 7) is 6.48. The SMILES string of the molecule is Cc1ccc(S(C)(=O)=O)cc1NC(=O)c1cccc(OCC(C)C)c1. The Hall–Kier alpha value is -2.34. The first-order valence-electron chi connectivity index (χ1n) is 8.01. The van der Waals surface area contributed by atoms with Crippen molar-refractivity contribution >= 4 is 21.4 Å². The molecule has 0 saturated carbocycles. The number of carbonyl (C=O) groups excluding carboxylic acids is 1. The number of hydrogen-bond acceptors (Lipinski definition) is 4. The minimum Gasteiger partial charge on any atom is -0.493 e. The van der Waals surface area contributed by atoms with Crippen LogP contribution in [0.25, 0.3) is 0 Å². The summed E-state index contributed by atoms with van der Waals surface area (Å²) in [5, 5.41) is 2.77. The van der Waals surface area contributed by atoms with E-state index in [0.717, 1.165) is 11.8 Å². The molecule has 2 aromatic rings. The van der Waals surface area contributed by atoms with E-state index in [1.807, 2.05) is 20.8 Å². The first kappa shape index (κ1) is 19.0. The summed E-state index contributed by atoms with van der Waals surface area (Å²) >= 11 is 0. The molecule has 0 bridgehead atoms. The molecule has 2 aromatic carbocycles. The van der Waals surface area contributed by atoms with Gasteiger partial charge in [0.05, 0.1) is 11.5 Å². The van der Waals surface area contributed by atoms with Gasteiger partial charge in [-0.15, -0.1) is 0 Å². The summed E-state index contributed by atoms with van der Waals surface area (Å²) in [4.78, 5) is 12.7. The zero-order chi connectivity index (χ0) is 18.6. The first-order chi connectivity index (χ1) is 11.7. The lowest BCUT2D eigenvalue weighted by molar-refractivity contribution is 0.102. The summed E-state index contributed by atoms with van der Waals surface area (Å²) in [7, 11) is -3.34. The number of nitrogens with one attached hydrogen (secondary N) is 1. The van der Waals surface area contributed by atoms with Crippen molar-refractivity contribution in [2.45, 2.75) is 25.7 Å². The Morgan fingerprint density at radius 3 is 2.52 bits per heavy atom. The van der Waals surface area contributed by atoms with Crippen molar-refractivity contribution in [2.24, 2.45) is 5.92 Å². The van der Waals surface area contributed by atoms with Gasteiger partial charge in [-0.3, -0.25) is 4.79 Å². The quantitative estimate of drug-likeness (QED) is 0.852. The molecule has 0 aliphatic heterocycles. The number of sulfone groups is 1. The molecule has 25 heavy (non-hydrogen) atoms. The molecule has 0 aliphatic carbocycles. The maximum atomic E-state index is 12.5. The number of amides is 1. The molecule has 1 amide bonds. The van der Waals surface area contributed by atoms with Crippen LogP contribution in [0.15, 0.2) is 47.4 Å². The van der Waals surface area contributed by atoms with E-state index in [2.05, 4.69) is 5.32 Å². The highest BCUT2D eigenvalue weighted by atomic mass is 32.2. The van der Waals surface area contributed by atoms with Crippen molar-refractivity contribution in [3.8, 4) is 5.75 Å². The standard InChI is InChI=1S/C19H23NO4S/c1-13(2)12-24-16-7-5-6-15(10-16)19(21)20-18-11-17(25(4,22)23)9-8-14(18)3/h5-11,13H,12H2,1-4H3,(H,20,21). The van der Waals surface area contributed by atoms with E-state index in [9.17, 15) is 13.2 Å². The maximum absolute atomic E-state index is 12.5. The van der Waals surface area contributed by atoms with Crippen LogP contribution in [0.4, 0.5) is 5.69 Å². The molecule has 0 heterocycles. The van der Waals surface area contributed by atoms with Gasteiger partial charge in [0.2, 0.25) is 0 Å². The van der Waals surface area contributed by atoms with Crippen LogP contribution in [0.2, 0.25) is 0 Å². The van der Waals surface area contributed by atoms with Crippen LogP contribution < -0.4 is 10.1 Å². The summed E-state index contributed by atoms with van der Waals surface area (Å²) in [5.41, 5.74) is 1.71. The van der Waals surface area contributed by atoms with Crippen LogP contribution in [0.1, 0.15) is 29.8 Å². The molecular formula is C19H23NO4S. The molecule has 6 heteroatoms. The smallest absolute Gasteiger partial charge is 0.255 e. The average molecular weight is 361 g/mol. The lowest BCUT2D eigenvalue weighted by Crippen LogP contribution is -2.14. The van der Waals surface area contributed by atoms with Gasteiger partial charge in [-0.2, -0.15) is 0 Å². The normalized spacial score (nSPS) is 11.4. The van der Waals surface area contributed by atoms with E-state index >= 15 is 0 Å². The van der Waals surface area contributed by atoms with Crippen LogP contribution >= 0.6 is 0 Å². The minimum atomic E-state index is -3.34. The fourth-order valence-electron chi connectivity index (χ4n) is 2.15. The van der Waals surface area contributed by atoms with Gasteiger partial charge in [0.1, 0.15) is 5.75 Å². The zero-order valence-electron chi connectivity index (χ0n) is 14.9. The molecular weight excluding hydrogens is 338 g/mol. The van der Waals surface area contributed by atoms with Gasteiger partial charge < -0.3 is 10.1 Å². The molecule has 134 valence electrons. The summed E-state index contributed by atoms with van der Waals surface area (Å²) in [6.07, 6.45) is 1.14. The van der Waals surface area contributed by atoms with Gasteiger partial charge in [0.15, 0.2) is 9.84 Å². The van der Waals surface area contributed by atoms with Crippen LogP contribution in [-0.4, -0.2) is 27.2 Å². The summed E-state index contributed by atoms with van der Waals surface area (Å²) < 4.78 is 29.0. The Morgan fingerprint density at radius 1 is 1.16 bits per heavy atom. The highest BCUT2D eigenvalue weighted by molar-refractivity contribution is 7.90. The Bertz CT molecular complexity index is 873. The number of ether oxygens (including phenoxy) is 1. The van der Waals surface area contributed by atoms with E-state index in [-0.39, 0.29) is 10.8 Å². The second-order valence-electron chi connectivity index (χ2n) is 6.44. The first-order valence-corrected chi connectivity index (χ1v) is 9.91. The van der Waals surface area contributed by atoms with Gasteiger partial charge in [0.25, 0.3) is 5.91 Å². The van der Waals surface area contributed by atoms with Crippen molar-refractivity contribution < 1.29 is 17.9 Å². The van der Waals surface area contributed by atoms with Crippen LogP contribution in [0, 0.1) is 12.8 Å². The van der Waals surface area contributed by atoms with E-state index in [1.54, 1.807) is 30.3 Å². The third-order valence-corrected chi connectivity index (χ3v) is 4.68. The van der Waals surface area contributed by atoms with Gasteiger partial charge in [-0.1, -0.05) is 26.0 Å². The van der Waals surface area contributed by atoms with Gasteiger partial charge in [-0.05, 0) is 48.7 Å². The van der Waals surface area contributed by atoms with Crippen molar-refractivity contribution in [1.29, 1.82) is 0 Å². The van der Waals surface area contributed by atoms with E-state index in [4.69, 9.17) is 4.74 Å². The molecule has 0 unspecified atom stereocenters. The highest BCUT2D eigenvalue weighted by Gasteiger charge is 2.13.